The minimum atomic E-state index is -1.07. The molecule has 7 fully saturated rings. The Labute approximate surface area is 337 Å². The summed E-state index contributed by atoms with van der Waals surface area (Å²) in [5.41, 5.74) is 6.47. The van der Waals surface area contributed by atoms with Crippen molar-refractivity contribution in [2.24, 2.45) is 47.2 Å². The number of ketones is 1. The van der Waals surface area contributed by atoms with E-state index in [2.05, 4.69) is 21.6 Å². The molecule has 2 saturated carbocycles. The maximum atomic E-state index is 14.9. The van der Waals surface area contributed by atoms with Gasteiger partial charge in [0.2, 0.25) is 5.91 Å². The van der Waals surface area contributed by atoms with E-state index < -0.39 is 17.2 Å². The topological polar surface area (TPSA) is 170 Å². The van der Waals surface area contributed by atoms with Crippen LogP contribution in [-0.4, -0.2) is 113 Å². The number of carbonyl (C=O) groups is 4. The molecule has 1 spiro atoms. The molecule has 5 aliphatic heterocycles. The van der Waals surface area contributed by atoms with E-state index in [1.165, 1.54) is 5.57 Å². The lowest BCUT2D eigenvalue weighted by Gasteiger charge is -2.62. The Morgan fingerprint density at radius 3 is 2.80 bits per heavy atom. The number of fused-ring (bicyclic) bond motifs is 8. The van der Waals surface area contributed by atoms with Gasteiger partial charge in [-0.15, -0.1) is 0 Å². The minimum Gasteiger partial charge on any atom is -0.462 e. The summed E-state index contributed by atoms with van der Waals surface area (Å²) < 4.78 is 20.2. The maximum absolute atomic E-state index is 14.9. The van der Waals surface area contributed by atoms with Crippen LogP contribution in [0.3, 0.4) is 0 Å². The lowest BCUT2D eigenvalue weighted by Crippen LogP contribution is -2.76. The lowest BCUT2D eigenvalue weighted by atomic mass is 9.56. The number of aliphatic hydroxyl groups is 1. The summed E-state index contributed by atoms with van der Waals surface area (Å²) in [7, 11) is 5.58. The molecule has 14 heteroatoms. The standard InChI is InChI=1S/C42H58N4O8S2/c1-4-21(10-12-47)40(51)54-41(2)11-9-23-20-55-56-32-15-27-29(48)7-6-28-36(38(27)44-3)39(32)46(28)34(49)14-25-19-45-33(43)16-26(25)37(23)42(41)18-24-13-22-5-8-35(50)52-30(22)17-31(24)53-42/h4,6-7,9,22,24-28,30-33,36-39,44-45,47H,5,8,10-20,43H2,1-3H3/t22?,24?,25?,26?,27-,28-,30?,31?,32-,33?,36+,37-,38-,39+,41-,42-/m0/s1. The van der Waals surface area contributed by atoms with Crippen LogP contribution in [0.4, 0.5) is 0 Å². The van der Waals surface area contributed by atoms with Crippen LogP contribution < -0.4 is 16.4 Å². The second-order valence-electron chi connectivity index (χ2n) is 18.2. The van der Waals surface area contributed by atoms with Crippen molar-refractivity contribution >= 4 is 45.2 Å². The highest BCUT2D eigenvalue weighted by Gasteiger charge is 2.68. The first-order chi connectivity index (χ1) is 27.0. The van der Waals surface area contributed by atoms with Gasteiger partial charge >= 0.3 is 11.9 Å². The van der Waals surface area contributed by atoms with Crippen molar-refractivity contribution in [2.75, 3.05) is 26.0 Å². The zero-order chi connectivity index (χ0) is 39.1. The molecule has 0 aromatic heterocycles. The van der Waals surface area contributed by atoms with Gasteiger partial charge in [-0.2, -0.15) is 0 Å². The van der Waals surface area contributed by atoms with E-state index in [-0.39, 0.29) is 114 Å². The van der Waals surface area contributed by atoms with Crippen LogP contribution in [0, 0.1) is 41.4 Å². The fourth-order valence-electron chi connectivity index (χ4n) is 13.0. The Hall–Kier alpha value is -2.20. The molecule has 1 amide bonds. The molecule has 9 rings (SSSR count). The molecular formula is C42H58N4O8S2. The largest absolute Gasteiger partial charge is 0.462 e. The van der Waals surface area contributed by atoms with Crippen LogP contribution in [0.1, 0.15) is 78.1 Å². The van der Waals surface area contributed by atoms with Crippen molar-refractivity contribution in [2.45, 2.75) is 131 Å². The number of esters is 2. The molecule has 0 radical (unpaired) electrons. The van der Waals surface area contributed by atoms with Crippen LogP contribution >= 0.6 is 21.6 Å². The molecule has 2 bridgehead atoms. The lowest BCUT2D eigenvalue weighted by molar-refractivity contribution is -0.229. The molecule has 0 aromatic carbocycles. The molecule has 306 valence electrons. The Bertz CT molecular complexity index is 1720. The highest BCUT2D eigenvalue weighted by atomic mass is 33.1. The smallest absolute Gasteiger partial charge is 0.334 e. The highest BCUT2D eigenvalue weighted by molar-refractivity contribution is 8.77. The SMILES string of the molecule is CC=C(CCO)C(=O)O[C@@]1(C)CC=C2CSS[C@H]3C[C@H]4C(=O)C=C[C@H]5[C@H]([C@H]4NC)[C@@H]3N5C(=O)CC3CNC(N)CC3[C@H]2[C@@]12CC1CC3CCC(=O)OC3CC1O2. The van der Waals surface area contributed by atoms with Gasteiger partial charge in [0.25, 0.3) is 0 Å². The van der Waals surface area contributed by atoms with Gasteiger partial charge in [-0.05, 0) is 82.7 Å². The van der Waals surface area contributed by atoms with Crippen molar-refractivity contribution in [1.29, 1.82) is 0 Å². The van der Waals surface area contributed by atoms with Gasteiger partial charge in [0.05, 0.1) is 24.4 Å². The molecule has 5 heterocycles. The van der Waals surface area contributed by atoms with Gasteiger partial charge in [-0.1, -0.05) is 45.4 Å². The first-order valence-corrected chi connectivity index (χ1v) is 23.4. The van der Waals surface area contributed by atoms with E-state index in [4.69, 9.17) is 19.9 Å². The number of carbonyl (C=O) groups excluding carboxylic acids is 4. The molecule has 56 heavy (non-hydrogen) atoms. The van der Waals surface area contributed by atoms with E-state index >= 15 is 0 Å². The highest BCUT2D eigenvalue weighted by Crippen LogP contribution is 2.63. The number of hydrogen-bond donors (Lipinski definition) is 4. The second-order valence-corrected chi connectivity index (χ2v) is 20.8. The van der Waals surface area contributed by atoms with Crippen molar-refractivity contribution < 1.29 is 38.5 Å². The minimum absolute atomic E-state index is 0.0370. The van der Waals surface area contributed by atoms with Gasteiger partial charge in [-0.3, -0.25) is 14.4 Å². The Morgan fingerprint density at radius 2 is 2.02 bits per heavy atom. The fourth-order valence-corrected chi connectivity index (χ4v) is 16.1. The zero-order valence-electron chi connectivity index (χ0n) is 32.7. The van der Waals surface area contributed by atoms with E-state index in [1.807, 2.05) is 41.6 Å². The molecule has 9 aliphatic rings. The summed E-state index contributed by atoms with van der Waals surface area (Å²) in [6.07, 6.45) is 12.8. The number of rotatable bonds is 5. The molecule has 4 aliphatic carbocycles. The number of amides is 1. The van der Waals surface area contributed by atoms with Gasteiger partial charge < -0.3 is 40.6 Å². The van der Waals surface area contributed by atoms with Crippen molar-refractivity contribution in [1.82, 2.24) is 15.5 Å². The molecule has 7 unspecified atom stereocenters. The van der Waals surface area contributed by atoms with Crippen molar-refractivity contribution in [3.63, 3.8) is 0 Å². The molecule has 12 nitrogen and oxygen atoms in total. The van der Waals surface area contributed by atoms with Crippen LogP contribution in [0.2, 0.25) is 0 Å². The molecule has 0 aromatic rings. The first kappa shape index (κ1) is 39.3. The van der Waals surface area contributed by atoms with Crippen LogP contribution in [0.15, 0.2) is 35.5 Å². The number of aliphatic hydroxyl groups excluding tert-OH is 1. The van der Waals surface area contributed by atoms with Gasteiger partial charge in [0.15, 0.2) is 5.78 Å². The summed E-state index contributed by atoms with van der Waals surface area (Å²) in [4.78, 5) is 56.9. The summed E-state index contributed by atoms with van der Waals surface area (Å²) in [6.45, 7) is 4.24. The third kappa shape index (κ3) is 6.29. The first-order valence-electron chi connectivity index (χ1n) is 21.0. The zero-order valence-corrected chi connectivity index (χ0v) is 34.4. The monoisotopic (exact) mass is 810 g/mol. The van der Waals surface area contributed by atoms with Gasteiger partial charge in [0, 0.05) is 85.6 Å². The van der Waals surface area contributed by atoms with Gasteiger partial charge in [0.1, 0.15) is 17.3 Å². The Balaban J connectivity index is 1.12. The molecule has 5 saturated heterocycles. The average Bonchev–Trinajstić information content (AvgIpc) is 3.53. The van der Waals surface area contributed by atoms with Gasteiger partial charge in [-0.25, -0.2) is 4.79 Å². The predicted molar refractivity (Wildman–Crippen MR) is 213 cm³/mol. The number of piperidine rings is 1. The van der Waals surface area contributed by atoms with E-state index in [1.54, 1.807) is 19.1 Å². The van der Waals surface area contributed by atoms with Crippen molar-refractivity contribution in [3.8, 4) is 0 Å². The predicted octanol–water partition coefficient (Wildman–Crippen LogP) is 3.43. The summed E-state index contributed by atoms with van der Waals surface area (Å²) in [6, 6.07) is -0.0324. The summed E-state index contributed by atoms with van der Waals surface area (Å²) in [5.74, 6) is 0.610. The fraction of sp³-hybridized carbons (Fsp3) is 0.762. The third-order valence-corrected chi connectivity index (χ3v) is 18.4. The van der Waals surface area contributed by atoms with E-state index in [0.717, 1.165) is 18.6 Å². The number of nitrogens with zero attached hydrogens (tertiary/aromatic N) is 1. The number of ether oxygens (including phenoxy) is 3. The third-order valence-electron chi connectivity index (χ3n) is 15.6. The van der Waals surface area contributed by atoms with Crippen molar-refractivity contribution in [3.05, 3.63) is 35.5 Å². The second kappa shape index (κ2) is 15.1. The number of nitrogens with one attached hydrogen (secondary N) is 2. The van der Waals surface area contributed by atoms with Crippen LogP contribution in [0.5, 0.6) is 0 Å². The summed E-state index contributed by atoms with van der Waals surface area (Å²) in [5, 5.41) is 16.9. The van der Waals surface area contributed by atoms with E-state index in [0.29, 0.717) is 57.1 Å². The van der Waals surface area contributed by atoms with Crippen LogP contribution in [0.25, 0.3) is 0 Å². The maximum Gasteiger partial charge on any atom is 0.334 e. The Kier molecular flexibility index (Phi) is 10.6. The number of hydrogen-bond acceptors (Lipinski definition) is 13. The van der Waals surface area contributed by atoms with E-state index in [9.17, 15) is 24.3 Å². The quantitative estimate of drug-likeness (QED) is 0.138. The average molecular weight is 811 g/mol. The number of nitrogens with two attached hydrogens (primary N) is 1. The van der Waals surface area contributed by atoms with Crippen LogP contribution in [-0.2, 0) is 33.4 Å². The summed E-state index contributed by atoms with van der Waals surface area (Å²) >= 11 is 0. The molecule has 16 atom stereocenters. The number of allylic oxidation sites excluding steroid dienone is 2. The normalized spacial score (nSPS) is 47.1. The molecule has 5 N–H and O–H groups in total. The molecular weight excluding hydrogens is 753 g/mol. The Morgan fingerprint density at radius 1 is 1.18 bits per heavy atom.